The number of hydrogen-bond donors (Lipinski definition) is 2. The number of phenols is 2. The van der Waals surface area contributed by atoms with Crippen molar-refractivity contribution in [3.63, 3.8) is 0 Å². The molecule has 2 atom stereocenters. The van der Waals surface area contributed by atoms with Gasteiger partial charge < -0.3 is 19.3 Å². The Bertz CT molecular complexity index is 2150. The smallest absolute Gasteiger partial charge is 0.163 e. The largest absolute Gasteiger partial charge is 0.508 e. The maximum atomic E-state index is 11.2. The van der Waals surface area contributed by atoms with Gasteiger partial charge in [0.05, 0.1) is 0 Å². The van der Waals surface area contributed by atoms with E-state index in [9.17, 15) is 10.2 Å². The highest BCUT2D eigenvalue weighted by molar-refractivity contribution is 6.04. The molecule has 0 bridgehead atoms. The Morgan fingerprint density at radius 2 is 0.961 bits per heavy atom. The molecule has 0 radical (unpaired) electrons. The molecule has 4 aromatic carbocycles. The summed E-state index contributed by atoms with van der Waals surface area (Å²) >= 11 is 0. The van der Waals surface area contributed by atoms with Gasteiger partial charge in [-0.05, 0) is 92.5 Å². The summed E-state index contributed by atoms with van der Waals surface area (Å²) in [5.41, 5.74) is 13.3. The van der Waals surface area contributed by atoms with Crippen LogP contribution in [0.25, 0.3) is 0 Å². The quantitative estimate of drug-likeness (QED) is 0.181. The first-order chi connectivity index (χ1) is 24.7. The van der Waals surface area contributed by atoms with Crippen LogP contribution in [0.15, 0.2) is 104 Å². The van der Waals surface area contributed by atoms with Crippen molar-refractivity contribution in [2.75, 3.05) is 0 Å². The summed E-state index contributed by atoms with van der Waals surface area (Å²) in [5, 5.41) is 30.9. The van der Waals surface area contributed by atoms with E-state index < -0.39 is 0 Å². The van der Waals surface area contributed by atoms with E-state index in [0.29, 0.717) is 32.1 Å². The van der Waals surface area contributed by atoms with Gasteiger partial charge in [-0.1, -0.05) is 94.2 Å². The zero-order valence-electron chi connectivity index (χ0n) is 29.3. The van der Waals surface area contributed by atoms with Gasteiger partial charge in [0.25, 0.3) is 0 Å². The predicted molar refractivity (Wildman–Crippen MR) is 198 cm³/mol. The molecule has 8 nitrogen and oxygen atoms in total. The number of aliphatic imine (C=N–C) groups is 2. The molecule has 8 heteroatoms. The van der Waals surface area contributed by atoms with Crippen LogP contribution in [0.5, 0.6) is 11.5 Å². The number of nitrogens with zero attached hydrogens (tertiary/aromatic N) is 4. The van der Waals surface area contributed by atoms with Crippen molar-refractivity contribution in [1.82, 2.24) is 10.3 Å². The van der Waals surface area contributed by atoms with Gasteiger partial charge in [-0.2, -0.15) is 0 Å². The number of rotatable bonds is 6. The van der Waals surface area contributed by atoms with E-state index in [1.165, 1.54) is 11.1 Å². The molecular weight excluding hydrogens is 636 g/mol. The van der Waals surface area contributed by atoms with E-state index in [2.05, 4.69) is 84.8 Å². The van der Waals surface area contributed by atoms with Crippen LogP contribution in [0.4, 0.5) is 11.4 Å². The van der Waals surface area contributed by atoms with Crippen LogP contribution in [0.1, 0.15) is 92.1 Å². The van der Waals surface area contributed by atoms with Crippen LogP contribution in [-0.4, -0.2) is 31.9 Å². The van der Waals surface area contributed by atoms with Crippen molar-refractivity contribution in [2.45, 2.75) is 71.6 Å². The molecule has 2 unspecified atom stereocenters. The van der Waals surface area contributed by atoms with E-state index >= 15 is 0 Å². The predicted octanol–water partition coefficient (Wildman–Crippen LogP) is 9.60. The highest BCUT2D eigenvalue weighted by Gasteiger charge is 2.30. The minimum Gasteiger partial charge on any atom is -0.508 e. The average Bonchev–Trinajstić information content (AvgIpc) is 3.48. The molecule has 8 rings (SSSR count). The van der Waals surface area contributed by atoms with Crippen LogP contribution >= 0.6 is 0 Å². The summed E-state index contributed by atoms with van der Waals surface area (Å²) in [6, 6.07) is 28.5. The second-order valence-corrected chi connectivity index (χ2v) is 14.1. The molecular formula is C43H40N4O4. The Labute approximate surface area is 297 Å². The molecule has 256 valence electrons. The van der Waals surface area contributed by atoms with E-state index in [0.717, 1.165) is 79.1 Å². The Kier molecular flexibility index (Phi) is 8.38. The fourth-order valence-electron chi connectivity index (χ4n) is 7.41. The molecule has 0 aliphatic carbocycles. The van der Waals surface area contributed by atoms with Crippen molar-refractivity contribution in [1.29, 1.82) is 0 Å². The Morgan fingerprint density at radius 1 is 0.549 bits per heavy atom. The summed E-state index contributed by atoms with van der Waals surface area (Å²) in [6.45, 7) is 7.98. The average molecular weight is 677 g/mol. The van der Waals surface area contributed by atoms with Crippen molar-refractivity contribution >= 4 is 22.8 Å². The van der Waals surface area contributed by atoms with Crippen molar-refractivity contribution in [3.05, 3.63) is 152 Å². The summed E-state index contributed by atoms with van der Waals surface area (Å²) in [7, 11) is 0. The number of aryl methyl sites for hydroxylation is 4. The molecule has 2 aromatic heterocycles. The van der Waals surface area contributed by atoms with Crippen molar-refractivity contribution in [2.24, 2.45) is 9.98 Å². The lowest BCUT2D eigenvalue weighted by Gasteiger charge is -2.20. The summed E-state index contributed by atoms with van der Waals surface area (Å²) in [5.74, 6) is 1.82. The molecule has 0 amide bonds. The maximum Gasteiger partial charge on any atom is 0.163 e. The standard InChI is InChI=1S/C43H40N4O4/c1-24-5-11-30(12-6-24)36-20-32(22-40-42(44-36)26(3)46-50-40)34-18-28(9-15-38(34)48)17-29-10-16-39(49)35(19-29)33-21-37(31-13-7-25(2)8-14-31)45-43-27(4)47-51-41(43)23-33/h5-16,18-19,32-33,48-49H,17,20-23H2,1-4H3. The van der Waals surface area contributed by atoms with Crippen molar-refractivity contribution in [3.8, 4) is 11.5 Å². The number of benzene rings is 4. The van der Waals surface area contributed by atoms with Gasteiger partial charge in [0.15, 0.2) is 11.5 Å². The van der Waals surface area contributed by atoms with Gasteiger partial charge in [-0.3, -0.25) is 0 Å². The van der Waals surface area contributed by atoms with Crippen LogP contribution in [0, 0.1) is 27.7 Å². The third-order valence-electron chi connectivity index (χ3n) is 10.3. The zero-order valence-corrected chi connectivity index (χ0v) is 29.3. The molecule has 6 aromatic rings. The first-order valence-corrected chi connectivity index (χ1v) is 17.5. The molecule has 0 fully saturated rings. The summed E-state index contributed by atoms with van der Waals surface area (Å²) < 4.78 is 11.5. The van der Waals surface area contributed by atoms with E-state index in [1.54, 1.807) is 12.1 Å². The molecule has 0 spiro atoms. The molecule has 0 saturated heterocycles. The normalized spacial score (nSPS) is 17.2. The third kappa shape index (κ3) is 6.50. The van der Waals surface area contributed by atoms with Crippen LogP contribution in [-0.2, 0) is 19.3 Å². The topological polar surface area (TPSA) is 117 Å². The molecule has 2 N–H and O–H groups in total. The lowest BCUT2D eigenvalue weighted by molar-refractivity contribution is 0.371. The molecule has 2 aliphatic rings. The number of aromatic nitrogens is 2. The zero-order chi connectivity index (χ0) is 35.2. The number of phenolic OH excluding ortho intramolecular Hbond substituents is 2. The second-order valence-electron chi connectivity index (χ2n) is 14.1. The minimum atomic E-state index is -0.0704. The molecule has 2 aliphatic heterocycles. The monoisotopic (exact) mass is 676 g/mol. The maximum absolute atomic E-state index is 11.2. The fraction of sp³-hybridized carbons (Fsp3) is 0.256. The van der Waals surface area contributed by atoms with Crippen LogP contribution in [0.2, 0.25) is 0 Å². The van der Waals surface area contributed by atoms with Gasteiger partial charge in [0.1, 0.15) is 34.3 Å². The van der Waals surface area contributed by atoms with E-state index in [1.807, 2.05) is 26.0 Å². The third-order valence-corrected chi connectivity index (χ3v) is 10.3. The number of fused-ring (bicyclic) bond motifs is 2. The van der Waals surface area contributed by atoms with E-state index in [4.69, 9.17) is 19.0 Å². The SMILES string of the molecule is Cc1ccc(C2=Nc3c(C)noc3CC(c3cc(Cc4ccc(O)c(C5CC(c6ccc(C)cc6)=Nc6c(C)noc6C5)c4)ccc3O)C2)cc1. The van der Waals surface area contributed by atoms with Gasteiger partial charge in [-0.15, -0.1) is 0 Å². The first kappa shape index (κ1) is 32.4. The van der Waals surface area contributed by atoms with Gasteiger partial charge in [-0.25, -0.2) is 9.98 Å². The molecule has 4 heterocycles. The lowest BCUT2D eigenvalue weighted by Crippen LogP contribution is -2.10. The first-order valence-electron chi connectivity index (χ1n) is 17.5. The molecule has 51 heavy (non-hydrogen) atoms. The lowest BCUT2D eigenvalue weighted by atomic mass is 9.85. The minimum absolute atomic E-state index is 0.0704. The Balaban J connectivity index is 1.10. The molecule has 0 saturated carbocycles. The Morgan fingerprint density at radius 3 is 1.37 bits per heavy atom. The number of hydrogen-bond acceptors (Lipinski definition) is 8. The Hall–Kier alpha value is -5.76. The van der Waals surface area contributed by atoms with Crippen LogP contribution in [0.3, 0.4) is 0 Å². The van der Waals surface area contributed by atoms with Gasteiger partial charge in [0, 0.05) is 36.1 Å². The summed E-state index contributed by atoms with van der Waals surface area (Å²) in [6.07, 6.45) is 3.05. The highest BCUT2D eigenvalue weighted by atomic mass is 16.5. The van der Waals surface area contributed by atoms with Gasteiger partial charge >= 0.3 is 0 Å². The van der Waals surface area contributed by atoms with E-state index in [-0.39, 0.29) is 23.3 Å². The van der Waals surface area contributed by atoms with Crippen LogP contribution < -0.4 is 0 Å². The summed E-state index contributed by atoms with van der Waals surface area (Å²) in [4.78, 5) is 10.1. The highest BCUT2D eigenvalue weighted by Crippen LogP contribution is 2.42. The fourth-order valence-corrected chi connectivity index (χ4v) is 7.41. The van der Waals surface area contributed by atoms with Crippen molar-refractivity contribution < 1.29 is 19.3 Å². The second kappa shape index (κ2) is 13.2. The number of aromatic hydroxyl groups is 2. The van der Waals surface area contributed by atoms with Gasteiger partial charge in [0.2, 0.25) is 0 Å².